The molecule has 0 aliphatic carbocycles. The maximum Gasteiger partial charge on any atom is 0.407 e. The summed E-state index contributed by atoms with van der Waals surface area (Å²) < 4.78 is 1.93. The van der Waals surface area contributed by atoms with Crippen LogP contribution in [0, 0.1) is 6.92 Å². The van der Waals surface area contributed by atoms with E-state index >= 15 is 0 Å². The van der Waals surface area contributed by atoms with Crippen molar-refractivity contribution in [3.05, 3.63) is 39.9 Å². The van der Waals surface area contributed by atoms with Gasteiger partial charge in [-0.05, 0) is 38.0 Å². The number of halogens is 2. The Bertz CT molecular complexity index is 739. The SMILES string of the molecule is Cc1nnc(C2CCN(C(=O)O)CC2)n1-c1ccc(Cl)cc1Cl. The van der Waals surface area contributed by atoms with E-state index < -0.39 is 6.09 Å². The van der Waals surface area contributed by atoms with Crippen LogP contribution < -0.4 is 0 Å². The molecular formula is C15H16Cl2N4O2. The zero-order chi connectivity index (χ0) is 16.6. The van der Waals surface area contributed by atoms with Gasteiger partial charge >= 0.3 is 6.09 Å². The molecule has 2 aromatic rings. The topological polar surface area (TPSA) is 71.2 Å². The summed E-state index contributed by atoms with van der Waals surface area (Å²) in [5.74, 6) is 1.71. The number of rotatable bonds is 2. The summed E-state index contributed by atoms with van der Waals surface area (Å²) in [5, 5.41) is 18.6. The van der Waals surface area contributed by atoms with Gasteiger partial charge in [-0.3, -0.25) is 4.57 Å². The van der Waals surface area contributed by atoms with Gasteiger partial charge in [-0.2, -0.15) is 0 Å². The number of benzene rings is 1. The number of carbonyl (C=O) groups is 1. The van der Waals surface area contributed by atoms with Crippen LogP contribution in [0.2, 0.25) is 10.0 Å². The van der Waals surface area contributed by atoms with Gasteiger partial charge in [0.1, 0.15) is 11.6 Å². The first kappa shape index (κ1) is 16.1. The van der Waals surface area contributed by atoms with Crippen molar-refractivity contribution in [3.8, 4) is 5.69 Å². The molecule has 23 heavy (non-hydrogen) atoms. The molecule has 1 aliphatic rings. The number of aryl methyl sites for hydroxylation is 1. The van der Waals surface area contributed by atoms with Crippen LogP contribution in [0.25, 0.3) is 5.69 Å². The number of likely N-dealkylation sites (tertiary alicyclic amines) is 1. The van der Waals surface area contributed by atoms with Gasteiger partial charge < -0.3 is 10.0 Å². The molecule has 1 amide bonds. The van der Waals surface area contributed by atoms with Crippen LogP contribution in [-0.2, 0) is 0 Å². The minimum atomic E-state index is -0.873. The summed E-state index contributed by atoms with van der Waals surface area (Å²) in [7, 11) is 0. The second kappa shape index (κ2) is 6.37. The number of piperidine rings is 1. The van der Waals surface area contributed by atoms with E-state index in [-0.39, 0.29) is 5.92 Å². The summed E-state index contributed by atoms with van der Waals surface area (Å²) in [6.45, 7) is 2.87. The van der Waals surface area contributed by atoms with Gasteiger partial charge in [0.15, 0.2) is 0 Å². The monoisotopic (exact) mass is 354 g/mol. The van der Waals surface area contributed by atoms with E-state index in [9.17, 15) is 4.79 Å². The Morgan fingerprint density at radius 2 is 1.96 bits per heavy atom. The quantitative estimate of drug-likeness (QED) is 0.891. The number of hydrogen-bond acceptors (Lipinski definition) is 3. The summed E-state index contributed by atoms with van der Waals surface area (Å²) >= 11 is 12.3. The normalized spacial score (nSPS) is 15.9. The average molecular weight is 355 g/mol. The number of aromatic nitrogens is 3. The lowest BCUT2D eigenvalue weighted by Crippen LogP contribution is -2.37. The molecule has 122 valence electrons. The lowest BCUT2D eigenvalue weighted by Gasteiger charge is -2.29. The standard InChI is InChI=1S/C15H16Cl2N4O2/c1-9-18-19-14(10-4-6-20(7-5-10)15(22)23)21(9)13-3-2-11(16)8-12(13)17/h2-3,8,10H,4-7H2,1H3,(H,22,23). The highest BCUT2D eigenvalue weighted by Crippen LogP contribution is 2.32. The van der Waals surface area contributed by atoms with E-state index in [1.54, 1.807) is 12.1 Å². The number of amides is 1. The molecule has 0 atom stereocenters. The third-order valence-electron chi connectivity index (χ3n) is 4.13. The molecule has 6 nitrogen and oxygen atoms in total. The molecule has 0 bridgehead atoms. The molecule has 8 heteroatoms. The molecule has 1 aromatic carbocycles. The van der Waals surface area contributed by atoms with Gasteiger partial charge in [0, 0.05) is 24.0 Å². The molecule has 1 N–H and O–H groups in total. The fourth-order valence-corrected chi connectivity index (χ4v) is 3.43. The van der Waals surface area contributed by atoms with Crippen molar-refractivity contribution in [1.29, 1.82) is 0 Å². The van der Waals surface area contributed by atoms with Crippen molar-refractivity contribution in [2.24, 2.45) is 0 Å². The van der Waals surface area contributed by atoms with E-state index in [4.69, 9.17) is 28.3 Å². The maximum absolute atomic E-state index is 11.0. The first-order valence-corrected chi connectivity index (χ1v) is 8.08. The number of nitrogens with zero attached hydrogens (tertiary/aromatic N) is 4. The van der Waals surface area contributed by atoms with E-state index in [1.807, 2.05) is 17.6 Å². The van der Waals surface area contributed by atoms with Crippen molar-refractivity contribution in [3.63, 3.8) is 0 Å². The van der Waals surface area contributed by atoms with E-state index in [0.717, 1.165) is 30.2 Å². The Morgan fingerprint density at radius 3 is 2.57 bits per heavy atom. The highest BCUT2D eigenvalue weighted by molar-refractivity contribution is 6.35. The average Bonchev–Trinajstić information content (AvgIpc) is 2.89. The zero-order valence-corrected chi connectivity index (χ0v) is 14.0. The van der Waals surface area contributed by atoms with Crippen molar-refractivity contribution in [2.75, 3.05) is 13.1 Å². The molecule has 2 heterocycles. The Labute approximate surface area is 143 Å². The van der Waals surface area contributed by atoms with Gasteiger partial charge in [0.2, 0.25) is 0 Å². The summed E-state index contributed by atoms with van der Waals surface area (Å²) in [5.41, 5.74) is 0.786. The van der Waals surface area contributed by atoms with E-state index in [2.05, 4.69) is 10.2 Å². The zero-order valence-electron chi connectivity index (χ0n) is 12.5. The molecule has 1 aromatic heterocycles. The predicted octanol–water partition coefficient (Wildman–Crippen LogP) is 3.74. The number of hydrogen-bond donors (Lipinski definition) is 1. The van der Waals surface area contributed by atoms with Gasteiger partial charge in [-0.1, -0.05) is 23.2 Å². The second-order valence-electron chi connectivity index (χ2n) is 5.58. The van der Waals surface area contributed by atoms with Crippen molar-refractivity contribution < 1.29 is 9.90 Å². The van der Waals surface area contributed by atoms with Crippen LogP contribution in [0.3, 0.4) is 0 Å². The molecule has 3 rings (SSSR count). The summed E-state index contributed by atoms with van der Waals surface area (Å²) in [4.78, 5) is 12.5. The number of carboxylic acid groups (broad SMARTS) is 1. The lowest BCUT2D eigenvalue weighted by atomic mass is 9.96. The van der Waals surface area contributed by atoms with Crippen LogP contribution in [0.1, 0.15) is 30.4 Å². The van der Waals surface area contributed by atoms with E-state index in [0.29, 0.717) is 23.1 Å². The molecule has 1 saturated heterocycles. The molecule has 0 spiro atoms. The Morgan fingerprint density at radius 1 is 1.26 bits per heavy atom. The third-order valence-corrected chi connectivity index (χ3v) is 4.67. The van der Waals surface area contributed by atoms with Crippen LogP contribution in [-0.4, -0.2) is 44.0 Å². The van der Waals surface area contributed by atoms with Gasteiger partial charge in [0.25, 0.3) is 0 Å². The fraction of sp³-hybridized carbons (Fsp3) is 0.400. The minimum absolute atomic E-state index is 0.151. The van der Waals surface area contributed by atoms with Crippen molar-refractivity contribution in [1.82, 2.24) is 19.7 Å². The van der Waals surface area contributed by atoms with Gasteiger partial charge in [0.05, 0.1) is 10.7 Å². The summed E-state index contributed by atoms with van der Waals surface area (Å²) in [6, 6.07) is 5.31. The Hall–Kier alpha value is -1.79. The summed E-state index contributed by atoms with van der Waals surface area (Å²) in [6.07, 6.45) is 0.563. The van der Waals surface area contributed by atoms with Gasteiger partial charge in [-0.15, -0.1) is 10.2 Å². The molecule has 0 saturated carbocycles. The smallest absolute Gasteiger partial charge is 0.407 e. The van der Waals surface area contributed by atoms with Crippen molar-refractivity contribution in [2.45, 2.75) is 25.7 Å². The largest absolute Gasteiger partial charge is 0.465 e. The minimum Gasteiger partial charge on any atom is -0.465 e. The molecule has 1 fully saturated rings. The molecule has 1 aliphatic heterocycles. The van der Waals surface area contributed by atoms with Crippen LogP contribution in [0.4, 0.5) is 4.79 Å². The highest BCUT2D eigenvalue weighted by Gasteiger charge is 2.28. The molecular weight excluding hydrogens is 339 g/mol. The van der Waals surface area contributed by atoms with Crippen molar-refractivity contribution >= 4 is 29.3 Å². The first-order chi connectivity index (χ1) is 11.0. The predicted molar refractivity (Wildman–Crippen MR) is 87.7 cm³/mol. The molecule has 0 unspecified atom stereocenters. The lowest BCUT2D eigenvalue weighted by molar-refractivity contribution is 0.131. The molecule has 0 radical (unpaired) electrons. The van der Waals surface area contributed by atoms with Crippen LogP contribution >= 0.6 is 23.2 Å². The van der Waals surface area contributed by atoms with E-state index in [1.165, 1.54) is 4.90 Å². The highest BCUT2D eigenvalue weighted by atomic mass is 35.5. The Balaban J connectivity index is 1.92. The van der Waals surface area contributed by atoms with Gasteiger partial charge in [-0.25, -0.2) is 4.79 Å². The Kier molecular flexibility index (Phi) is 4.46. The second-order valence-corrected chi connectivity index (χ2v) is 6.42. The first-order valence-electron chi connectivity index (χ1n) is 7.32. The fourth-order valence-electron chi connectivity index (χ4n) is 2.93. The maximum atomic E-state index is 11.0. The van der Waals surface area contributed by atoms with Crippen LogP contribution in [0.15, 0.2) is 18.2 Å². The van der Waals surface area contributed by atoms with Crippen LogP contribution in [0.5, 0.6) is 0 Å². The third kappa shape index (κ3) is 3.14.